The first-order valence-corrected chi connectivity index (χ1v) is 2.83. The summed E-state index contributed by atoms with van der Waals surface area (Å²) in [5, 5.41) is 0. The molecule has 8 heteroatoms. The first-order valence-electron chi connectivity index (χ1n) is 2.83. The van der Waals surface area contributed by atoms with Crippen LogP contribution in [0.5, 0.6) is 0 Å². The maximum atomic E-state index is 9.71. The van der Waals surface area contributed by atoms with Crippen LogP contribution >= 0.6 is 0 Å². The second-order valence-electron chi connectivity index (χ2n) is 1.41. The molecule has 0 bridgehead atoms. The zero-order valence-electron chi connectivity index (χ0n) is 6.14. The number of hydrogen-bond donors (Lipinski definition) is 4. The topological polar surface area (TPSA) is 132 Å². The van der Waals surface area contributed by atoms with E-state index in [1.165, 1.54) is 19.0 Å². The molecule has 0 saturated carbocycles. The Morgan fingerprint density at radius 2 is 1.33 bits per heavy atom. The quantitative estimate of drug-likeness (QED) is 0.201. The third-order valence-corrected chi connectivity index (χ3v) is 0.662. The van der Waals surface area contributed by atoms with Crippen LogP contribution in [0, 0.1) is 0 Å². The van der Waals surface area contributed by atoms with Crippen LogP contribution < -0.4 is 22.5 Å². The van der Waals surface area contributed by atoms with Gasteiger partial charge in [-0.3, -0.25) is 10.9 Å². The van der Waals surface area contributed by atoms with Crippen LogP contribution in [0.15, 0.2) is 19.0 Å². The number of carbonyl (C=O) groups excluding carboxylic acids is 1. The van der Waals surface area contributed by atoms with Crippen molar-refractivity contribution in [1.29, 1.82) is 0 Å². The van der Waals surface area contributed by atoms with Gasteiger partial charge in [0.2, 0.25) is 0 Å². The lowest BCUT2D eigenvalue weighted by atomic mass is 11.1. The van der Waals surface area contributed by atoms with E-state index in [-0.39, 0.29) is 0 Å². The molecular formula is C4H9N7O. The monoisotopic (exact) mass is 171 g/mol. The van der Waals surface area contributed by atoms with Crippen molar-refractivity contribution in [2.75, 3.05) is 0 Å². The number of nitrogens with one attached hydrogen (secondary N) is 2. The van der Waals surface area contributed by atoms with E-state index in [1.807, 2.05) is 0 Å². The Bertz CT molecular complexity index is 169. The van der Waals surface area contributed by atoms with Gasteiger partial charge < -0.3 is 0 Å². The fourth-order valence-corrected chi connectivity index (χ4v) is 0.247. The minimum absolute atomic E-state index is 0.602. The minimum Gasteiger partial charge on any atom is -0.275 e. The number of rotatable bonds is 0. The maximum absolute atomic E-state index is 9.71. The summed E-state index contributed by atoms with van der Waals surface area (Å²) in [6.07, 6.45) is 4.31. The highest BCUT2D eigenvalue weighted by Crippen LogP contribution is 1.57. The van der Waals surface area contributed by atoms with E-state index in [2.05, 4.69) is 26.6 Å². The van der Waals surface area contributed by atoms with Crippen molar-refractivity contribution in [3.63, 3.8) is 0 Å². The van der Waals surface area contributed by atoms with E-state index >= 15 is 0 Å². The molecule has 0 fully saturated rings. The third kappa shape index (κ3) is 6.32. The molecular weight excluding hydrogens is 162 g/mol. The Hall–Kier alpha value is -1.80. The largest absolute Gasteiger partial charge is 0.343 e. The van der Waals surface area contributed by atoms with Gasteiger partial charge in [-0.25, -0.2) is 31.4 Å². The normalized spacial score (nSPS) is 7.50. The van der Waals surface area contributed by atoms with Crippen molar-refractivity contribution < 1.29 is 4.79 Å². The van der Waals surface area contributed by atoms with Gasteiger partial charge in [0.1, 0.15) is 19.0 Å². The van der Waals surface area contributed by atoms with Crippen LogP contribution in [-0.4, -0.2) is 21.0 Å². The molecule has 0 aliphatic rings. The summed E-state index contributed by atoms with van der Waals surface area (Å²) < 4.78 is 0. The Morgan fingerprint density at radius 3 is 1.42 bits per heavy atom. The van der Waals surface area contributed by atoms with Gasteiger partial charge in [0, 0.05) is 0 Å². The predicted octanol–water partition coefficient (Wildman–Crippen LogP) is -2.10. The molecule has 1 heterocycles. The third-order valence-electron chi connectivity index (χ3n) is 0.662. The second-order valence-corrected chi connectivity index (χ2v) is 1.41. The number of hydrogen-bond acceptors (Lipinski definition) is 6. The number of aromatic nitrogens is 3. The number of hydrazine groups is 2. The second kappa shape index (κ2) is 7.31. The predicted molar refractivity (Wildman–Crippen MR) is 39.9 cm³/mol. The lowest BCUT2D eigenvalue weighted by Crippen LogP contribution is -2.43. The molecule has 0 aliphatic carbocycles. The van der Waals surface area contributed by atoms with E-state index in [0.717, 1.165) is 0 Å². The van der Waals surface area contributed by atoms with E-state index < -0.39 is 6.03 Å². The molecule has 0 spiro atoms. The van der Waals surface area contributed by atoms with Crippen molar-refractivity contribution in [1.82, 2.24) is 25.8 Å². The lowest BCUT2D eigenvalue weighted by molar-refractivity contribution is 0.241. The highest BCUT2D eigenvalue weighted by molar-refractivity contribution is 5.72. The highest BCUT2D eigenvalue weighted by Gasteiger charge is 1.83. The zero-order chi connectivity index (χ0) is 9.23. The summed E-state index contributed by atoms with van der Waals surface area (Å²) in [6, 6.07) is -0.602. The molecule has 0 saturated heterocycles. The summed E-state index contributed by atoms with van der Waals surface area (Å²) in [5.41, 5.74) is 3.48. The first-order chi connectivity index (χ1) is 5.81. The molecule has 0 aliphatic heterocycles. The SMILES string of the molecule is NNC(=O)NN.c1ncncn1. The van der Waals surface area contributed by atoms with E-state index in [9.17, 15) is 4.79 Å². The van der Waals surface area contributed by atoms with Crippen LogP contribution in [0.2, 0.25) is 0 Å². The van der Waals surface area contributed by atoms with Crippen LogP contribution in [0.3, 0.4) is 0 Å². The van der Waals surface area contributed by atoms with Gasteiger partial charge in [-0.1, -0.05) is 0 Å². The molecule has 66 valence electrons. The van der Waals surface area contributed by atoms with Crippen molar-refractivity contribution >= 4 is 6.03 Å². The number of urea groups is 1. The zero-order valence-corrected chi connectivity index (χ0v) is 6.14. The van der Waals surface area contributed by atoms with Gasteiger partial charge in [0.15, 0.2) is 0 Å². The number of nitrogens with two attached hydrogens (primary N) is 2. The van der Waals surface area contributed by atoms with Gasteiger partial charge in [-0.15, -0.1) is 0 Å². The van der Waals surface area contributed by atoms with Crippen LogP contribution in [0.25, 0.3) is 0 Å². The molecule has 8 nitrogen and oxygen atoms in total. The van der Waals surface area contributed by atoms with Crippen LogP contribution in [-0.2, 0) is 0 Å². The van der Waals surface area contributed by atoms with Gasteiger partial charge >= 0.3 is 6.03 Å². The van der Waals surface area contributed by atoms with Gasteiger partial charge in [-0.05, 0) is 0 Å². The standard InChI is InChI=1S/C3H3N3.CH6N4O/c1-4-2-6-3-5-1;2-4-1(6)5-3/h1-3H;2-3H2,(H2,4,5,6). The molecule has 0 radical (unpaired) electrons. The van der Waals surface area contributed by atoms with E-state index in [0.29, 0.717) is 0 Å². The fraction of sp³-hybridized carbons (Fsp3) is 0. The van der Waals surface area contributed by atoms with Crippen molar-refractivity contribution in [2.45, 2.75) is 0 Å². The fourth-order valence-electron chi connectivity index (χ4n) is 0.247. The average molecular weight is 171 g/mol. The Balaban J connectivity index is 0.000000202. The molecule has 12 heavy (non-hydrogen) atoms. The molecule has 2 amide bonds. The van der Waals surface area contributed by atoms with Crippen molar-refractivity contribution in [3.8, 4) is 0 Å². The Labute approximate surface area is 68.3 Å². The summed E-state index contributed by atoms with van der Waals surface area (Å²) >= 11 is 0. The average Bonchev–Trinajstić information content (AvgIpc) is 2.20. The van der Waals surface area contributed by atoms with E-state index in [4.69, 9.17) is 0 Å². The highest BCUT2D eigenvalue weighted by atomic mass is 16.2. The van der Waals surface area contributed by atoms with Gasteiger partial charge in [0.25, 0.3) is 0 Å². The summed E-state index contributed by atoms with van der Waals surface area (Å²) in [7, 11) is 0. The molecule has 0 unspecified atom stereocenters. The Morgan fingerprint density at radius 1 is 1.00 bits per heavy atom. The van der Waals surface area contributed by atoms with Crippen LogP contribution in [0.4, 0.5) is 4.79 Å². The molecule has 1 rings (SSSR count). The van der Waals surface area contributed by atoms with Crippen molar-refractivity contribution in [2.24, 2.45) is 11.7 Å². The Kier molecular flexibility index (Phi) is 6.21. The minimum atomic E-state index is -0.602. The number of nitrogens with zero attached hydrogens (tertiary/aromatic N) is 3. The summed E-state index contributed by atoms with van der Waals surface area (Å²) in [4.78, 5) is 20.4. The smallest absolute Gasteiger partial charge is 0.275 e. The lowest BCUT2D eigenvalue weighted by Gasteiger charge is -1.90. The maximum Gasteiger partial charge on any atom is 0.343 e. The number of carbonyl (C=O) groups is 1. The molecule has 1 aromatic rings. The number of amides is 2. The molecule has 6 N–H and O–H groups in total. The van der Waals surface area contributed by atoms with Gasteiger partial charge in [0.05, 0.1) is 0 Å². The van der Waals surface area contributed by atoms with Gasteiger partial charge in [-0.2, -0.15) is 0 Å². The molecule has 0 aromatic carbocycles. The van der Waals surface area contributed by atoms with Crippen molar-refractivity contribution in [3.05, 3.63) is 19.0 Å². The molecule has 1 aromatic heterocycles. The summed E-state index contributed by atoms with van der Waals surface area (Å²) in [5.74, 6) is 9.08. The molecule has 0 atom stereocenters. The first kappa shape index (κ1) is 10.2. The summed E-state index contributed by atoms with van der Waals surface area (Å²) in [6.45, 7) is 0. The van der Waals surface area contributed by atoms with Crippen LogP contribution in [0.1, 0.15) is 0 Å². The van der Waals surface area contributed by atoms with E-state index in [1.54, 1.807) is 10.9 Å².